The van der Waals surface area contributed by atoms with Gasteiger partial charge >= 0.3 is 5.97 Å². The monoisotopic (exact) mass is 589 g/mol. The third kappa shape index (κ3) is 7.92. The molecular formula is C27H31N3O8S2. The molecule has 1 fully saturated rings. The molecule has 2 amide bonds. The summed E-state index contributed by atoms with van der Waals surface area (Å²) in [5, 5.41) is 12.4. The standard InChI is InChI=1S/C27H31N3O8S2/c1-17(2)23(26(33)38-15-18-11-13-19(14-12-18)30(34)35)29-24(32)22(25(29)40(36)39-27(3,4)5)28-21(31)16-37-20-9-7-6-8-10-20/h6-14,22-23,25H,1,15-16H2,2-5H3,(H,28,31). The number of nitro benzene ring substituents is 1. The number of ether oxygens (including phenoxy) is 2. The zero-order valence-electron chi connectivity index (χ0n) is 22.5. The molecular weight excluding hydrogens is 558 g/mol. The fourth-order valence-electron chi connectivity index (χ4n) is 3.77. The van der Waals surface area contributed by atoms with Crippen molar-refractivity contribution in [3.05, 3.63) is 82.4 Å². The lowest BCUT2D eigenvalue weighted by Gasteiger charge is -2.49. The fourth-order valence-corrected chi connectivity index (χ4v) is 7.57. The quantitative estimate of drug-likeness (QED) is 0.0982. The van der Waals surface area contributed by atoms with E-state index in [-0.39, 0.29) is 24.5 Å². The van der Waals surface area contributed by atoms with Gasteiger partial charge in [0.05, 0.1) is 4.92 Å². The molecule has 1 saturated heterocycles. The van der Waals surface area contributed by atoms with Crippen LogP contribution >= 0.6 is 10.8 Å². The van der Waals surface area contributed by atoms with Gasteiger partial charge in [-0.2, -0.15) is 0 Å². The number of non-ortho nitro benzene ring substituents is 1. The molecule has 0 aromatic heterocycles. The van der Waals surface area contributed by atoms with Crippen LogP contribution in [0.5, 0.6) is 5.75 Å². The van der Waals surface area contributed by atoms with Crippen molar-refractivity contribution in [1.82, 2.24) is 10.2 Å². The number of nitrogens with zero attached hydrogens (tertiary/aromatic N) is 2. The number of hydrogen-bond acceptors (Lipinski definition) is 9. The largest absolute Gasteiger partial charge is 0.484 e. The Morgan fingerprint density at radius 3 is 2.35 bits per heavy atom. The number of amides is 2. The van der Waals surface area contributed by atoms with E-state index in [0.29, 0.717) is 11.3 Å². The normalized spacial score (nSPS) is 18.2. The molecule has 214 valence electrons. The third-order valence-corrected chi connectivity index (χ3v) is 9.68. The lowest BCUT2D eigenvalue weighted by molar-refractivity contribution is -0.384. The van der Waals surface area contributed by atoms with Gasteiger partial charge in [-0.05, 0) is 42.3 Å². The van der Waals surface area contributed by atoms with Crippen LogP contribution in [-0.2, 0) is 35.6 Å². The summed E-state index contributed by atoms with van der Waals surface area (Å²) in [5.74, 6) is -1.53. The molecule has 0 bridgehead atoms. The molecule has 40 heavy (non-hydrogen) atoms. The molecule has 11 nitrogen and oxygen atoms in total. The predicted molar refractivity (Wildman–Crippen MR) is 151 cm³/mol. The number of para-hydroxylation sites is 1. The molecule has 2 aromatic carbocycles. The molecule has 2 aromatic rings. The zero-order chi connectivity index (χ0) is 29.6. The molecule has 1 aliphatic heterocycles. The van der Waals surface area contributed by atoms with Crippen molar-refractivity contribution in [3.8, 4) is 5.75 Å². The van der Waals surface area contributed by atoms with Crippen LogP contribution in [0.15, 0.2) is 66.7 Å². The van der Waals surface area contributed by atoms with Crippen molar-refractivity contribution in [2.75, 3.05) is 6.61 Å². The van der Waals surface area contributed by atoms with Gasteiger partial charge in [-0.1, -0.05) is 56.3 Å². The Labute approximate surface area is 238 Å². The number of nitrogens with one attached hydrogen (secondary N) is 1. The van der Waals surface area contributed by atoms with Gasteiger partial charge < -0.3 is 19.7 Å². The minimum absolute atomic E-state index is 0.106. The fraction of sp³-hybridized carbons (Fsp3) is 0.370. The summed E-state index contributed by atoms with van der Waals surface area (Å²) < 4.78 is 23.9. The van der Waals surface area contributed by atoms with Gasteiger partial charge in [0, 0.05) is 16.9 Å². The minimum atomic E-state index is -1.73. The maximum atomic E-state index is 13.4. The Hall–Kier alpha value is -3.71. The van der Waals surface area contributed by atoms with Gasteiger partial charge in [0.2, 0.25) is 5.91 Å². The van der Waals surface area contributed by atoms with Crippen molar-refractivity contribution >= 4 is 44.1 Å². The van der Waals surface area contributed by atoms with Crippen LogP contribution in [0.3, 0.4) is 0 Å². The summed E-state index contributed by atoms with van der Waals surface area (Å²) in [7, 11) is -0.631. The first-order valence-electron chi connectivity index (χ1n) is 12.2. The highest BCUT2D eigenvalue weighted by atomic mass is 33.1. The molecule has 0 spiro atoms. The van der Waals surface area contributed by atoms with E-state index in [1.807, 2.05) is 20.8 Å². The van der Waals surface area contributed by atoms with E-state index in [9.17, 15) is 28.7 Å². The smallest absolute Gasteiger partial charge is 0.333 e. The summed E-state index contributed by atoms with van der Waals surface area (Å²) in [6.45, 7) is 10.4. The van der Waals surface area contributed by atoms with Crippen molar-refractivity contribution in [2.24, 2.45) is 0 Å². The zero-order valence-corrected chi connectivity index (χ0v) is 24.2. The summed E-state index contributed by atoms with van der Waals surface area (Å²) >= 11 is 0. The number of likely N-dealkylation sites (tertiary alicyclic amines) is 1. The van der Waals surface area contributed by atoms with Crippen molar-refractivity contribution in [3.63, 3.8) is 0 Å². The average molecular weight is 590 g/mol. The van der Waals surface area contributed by atoms with Crippen molar-refractivity contribution in [1.29, 1.82) is 0 Å². The Kier molecular flexibility index (Phi) is 10.1. The molecule has 0 aliphatic carbocycles. The number of nitro groups is 1. The van der Waals surface area contributed by atoms with Gasteiger partial charge in [0.25, 0.3) is 11.6 Å². The Morgan fingerprint density at radius 2 is 1.80 bits per heavy atom. The van der Waals surface area contributed by atoms with E-state index in [2.05, 4.69) is 11.9 Å². The summed E-state index contributed by atoms with van der Waals surface area (Å²) in [6.07, 6.45) is 0. The van der Waals surface area contributed by atoms with Gasteiger partial charge in [-0.3, -0.25) is 19.7 Å². The van der Waals surface area contributed by atoms with Crippen LogP contribution in [-0.4, -0.2) is 60.6 Å². The SMILES string of the molecule is C=C(C)C(C(=O)OCc1ccc([N+](=O)[O-])cc1)N1C(=O)C(NC(=O)COc2ccccc2)C1S(=O)SC(C)(C)C. The Balaban J connectivity index is 1.75. The van der Waals surface area contributed by atoms with Crippen LogP contribution < -0.4 is 10.1 Å². The Bertz CT molecular complexity index is 1300. The molecule has 0 radical (unpaired) electrons. The average Bonchev–Trinajstić information content (AvgIpc) is 2.89. The second-order valence-electron chi connectivity index (χ2n) is 10.0. The van der Waals surface area contributed by atoms with Gasteiger partial charge in [0.15, 0.2) is 12.6 Å². The van der Waals surface area contributed by atoms with E-state index in [0.717, 1.165) is 15.7 Å². The summed E-state index contributed by atoms with van der Waals surface area (Å²) in [6, 6.07) is 11.8. The predicted octanol–water partition coefficient (Wildman–Crippen LogP) is 3.51. The number of rotatable bonds is 12. The highest BCUT2D eigenvalue weighted by molar-refractivity contribution is 8.69. The number of carbonyl (C=O) groups excluding carboxylic acids is 3. The van der Waals surface area contributed by atoms with Crippen molar-refractivity contribution < 1.29 is 33.0 Å². The number of benzene rings is 2. The molecule has 1 aliphatic rings. The lowest BCUT2D eigenvalue weighted by Crippen LogP contribution is -2.75. The highest BCUT2D eigenvalue weighted by Crippen LogP contribution is 2.37. The van der Waals surface area contributed by atoms with Crippen molar-refractivity contribution in [2.45, 2.75) is 56.5 Å². The Morgan fingerprint density at radius 1 is 1.18 bits per heavy atom. The first kappa shape index (κ1) is 30.8. The number of carbonyl (C=O) groups is 3. The molecule has 4 atom stereocenters. The topological polar surface area (TPSA) is 145 Å². The maximum Gasteiger partial charge on any atom is 0.333 e. The van der Waals surface area contributed by atoms with E-state index in [1.165, 1.54) is 24.3 Å². The van der Waals surface area contributed by atoms with E-state index in [1.54, 1.807) is 37.3 Å². The number of hydrogen-bond donors (Lipinski definition) is 1. The summed E-state index contributed by atoms with van der Waals surface area (Å²) in [4.78, 5) is 50.5. The van der Waals surface area contributed by atoms with E-state index >= 15 is 0 Å². The van der Waals surface area contributed by atoms with Crippen LogP contribution in [0.4, 0.5) is 5.69 Å². The molecule has 1 heterocycles. The van der Waals surface area contributed by atoms with Crippen LogP contribution in [0.25, 0.3) is 0 Å². The molecule has 0 saturated carbocycles. The lowest BCUT2D eigenvalue weighted by atomic mass is 9.99. The van der Waals surface area contributed by atoms with Gasteiger partial charge in [-0.15, -0.1) is 0 Å². The molecule has 13 heteroatoms. The van der Waals surface area contributed by atoms with E-state index in [4.69, 9.17) is 9.47 Å². The third-order valence-electron chi connectivity index (χ3n) is 5.54. The second-order valence-corrected chi connectivity index (χ2v) is 13.9. The van der Waals surface area contributed by atoms with E-state index < -0.39 is 54.7 Å². The molecule has 3 rings (SSSR count). The van der Waals surface area contributed by atoms with Gasteiger partial charge in [0.1, 0.15) is 33.6 Å². The number of esters is 1. The number of β-lactam (4-membered cyclic amide) rings is 1. The van der Waals surface area contributed by atoms with Crippen LogP contribution in [0.2, 0.25) is 0 Å². The first-order chi connectivity index (χ1) is 18.8. The minimum Gasteiger partial charge on any atom is -0.484 e. The van der Waals surface area contributed by atoms with Crippen LogP contribution in [0, 0.1) is 10.1 Å². The highest BCUT2D eigenvalue weighted by Gasteiger charge is 2.57. The molecule has 1 N–H and O–H groups in total. The van der Waals surface area contributed by atoms with Gasteiger partial charge in [-0.25, -0.2) is 9.00 Å². The second kappa shape index (κ2) is 13.1. The van der Waals surface area contributed by atoms with Crippen LogP contribution in [0.1, 0.15) is 33.3 Å². The summed E-state index contributed by atoms with van der Waals surface area (Å²) in [5.41, 5.74) is 0.674. The maximum absolute atomic E-state index is 13.4. The first-order valence-corrected chi connectivity index (χ1v) is 14.8. The molecule has 4 unspecified atom stereocenters.